The van der Waals surface area contributed by atoms with Crippen LogP contribution in [0.3, 0.4) is 0 Å². The first-order valence-corrected chi connectivity index (χ1v) is 11.9. The molecule has 1 amide bonds. The highest BCUT2D eigenvalue weighted by Gasteiger charge is 2.38. The fraction of sp³-hybridized carbons (Fsp3) is 0.435. The van der Waals surface area contributed by atoms with Crippen LogP contribution in [0.1, 0.15) is 25.3 Å². The van der Waals surface area contributed by atoms with Gasteiger partial charge in [-0.1, -0.05) is 18.2 Å². The molecule has 0 radical (unpaired) electrons. The molecule has 1 unspecified atom stereocenters. The Morgan fingerprint density at radius 2 is 1.74 bits per heavy atom. The number of amides is 1. The quantitative estimate of drug-likeness (QED) is 0.708. The van der Waals surface area contributed by atoms with Crippen molar-refractivity contribution in [1.29, 1.82) is 0 Å². The van der Waals surface area contributed by atoms with Gasteiger partial charge in [0.05, 0.1) is 14.2 Å². The molecule has 8 heteroatoms. The molecule has 2 aromatic carbocycles. The number of carbonyl (C=O) groups excluding carboxylic acids is 1. The van der Waals surface area contributed by atoms with E-state index in [0.29, 0.717) is 31.7 Å². The molecule has 1 fully saturated rings. The first-order valence-electron chi connectivity index (χ1n) is 10.5. The predicted octanol–water partition coefficient (Wildman–Crippen LogP) is 3.08. The minimum absolute atomic E-state index is 0.0845. The molecule has 4 rings (SSSR count). The Hall–Kier alpha value is -2.58. The van der Waals surface area contributed by atoms with Crippen molar-refractivity contribution in [3.8, 4) is 11.5 Å². The first kappa shape index (κ1) is 21.6. The van der Waals surface area contributed by atoms with E-state index in [1.54, 1.807) is 12.1 Å². The predicted molar refractivity (Wildman–Crippen MR) is 118 cm³/mol. The minimum atomic E-state index is -3.76. The summed E-state index contributed by atoms with van der Waals surface area (Å²) in [7, 11) is -0.823. The molecule has 0 N–H and O–H groups in total. The van der Waals surface area contributed by atoms with Crippen molar-refractivity contribution in [3.63, 3.8) is 0 Å². The zero-order valence-electron chi connectivity index (χ0n) is 18.1. The SMILES string of the molecule is COc1ccc(OC)c(S(=O)(=O)N2CCC(C(=O)N3c4ccccc4CC3C)CC2)c1. The van der Waals surface area contributed by atoms with Crippen LogP contribution in [0.2, 0.25) is 0 Å². The first-order chi connectivity index (χ1) is 14.9. The van der Waals surface area contributed by atoms with Gasteiger partial charge in [-0.3, -0.25) is 4.79 Å². The van der Waals surface area contributed by atoms with Crippen LogP contribution in [0.4, 0.5) is 5.69 Å². The van der Waals surface area contributed by atoms with Crippen molar-refractivity contribution >= 4 is 21.6 Å². The van der Waals surface area contributed by atoms with Gasteiger partial charge in [-0.25, -0.2) is 8.42 Å². The fourth-order valence-corrected chi connectivity index (χ4v) is 6.21. The second-order valence-corrected chi connectivity index (χ2v) is 9.99. The van der Waals surface area contributed by atoms with E-state index in [4.69, 9.17) is 9.47 Å². The molecule has 0 saturated carbocycles. The van der Waals surface area contributed by atoms with Crippen molar-refractivity contribution in [2.75, 3.05) is 32.2 Å². The lowest BCUT2D eigenvalue weighted by molar-refractivity contribution is -0.123. The van der Waals surface area contributed by atoms with E-state index in [-0.39, 0.29) is 28.5 Å². The number of rotatable bonds is 5. The summed E-state index contributed by atoms with van der Waals surface area (Å²) in [6, 6.07) is 12.9. The van der Waals surface area contributed by atoms with Gasteiger partial charge in [0.25, 0.3) is 0 Å². The standard InChI is InChI=1S/C23H28N2O5S/c1-16-14-18-6-4-5-7-20(18)25(16)23(26)17-10-12-24(13-11-17)31(27,28)22-15-19(29-2)8-9-21(22)30-3/h4-9,15-17H,10-14H2,1-3H3. The summed E-state index contributed by atoms with van der Waals surface area (Å²) in [6.07, 6.45) is 1.84. The Morgan fingerprint density at radius 3 is 2.42 bits per heavy atom. The van der Waals surface area contributed by atoms with Gasteiger partial charge in [0.2, 0.25) is 15.9 Å². The summed E-state index contributed by atoms with van der Waals surface area (Å²) in [5.41, 5.74) is 2.17. The van der Waals surface area contributed by atoms with Crippen molar-refractivity contribution in [3.05, 3.63) is 48.0 Å². The van der Waals surface area contributed by atoms with Gasteiger partial charge in [0.15, 0.2) is 0 Å². The van der Waals surface area contributed by atoms with Crippen LogP contribution in [-0.4, -0.2) is 52.0 Å². The zero-order valence-corrected chi connectivity index (χ0v) is 18.9. The summed E-state index contributed by atoms with van der Waals surface area (Å²) in [5.74, 6) is 0.633. The number of hydrogen-bond donors (Lipinski definition) is 0. The summed E-state index contributed by atoms with van der Waals surface area (Å²) in [6.45, 7) is 2.65. The molecular weight excluding hydrogens is 416 g/mol. The molecule has 7 nitrogen and oxygen atoms in total. The normalized spacial score (nSPS) is 19.8. The van der Waals surface area contributed by atoms with Crippen LogP contribution >= 0.6 is 0 Å². The molecule has 2 aromatic rings. The number of hydrogen-bond acceptors (Lipinski definition) is 5. The molecular formula is C23H28N2O5S. The van der Waals surface area contributed by atoms with Gasteiger partial charge in [0.1, 0.15) is 16.4 Å². The molecule has 2 heterocycles. The molecule has 2 aliphatic rings. The van der Waals surface area contributed by atoms with Gasteiger partial charge >= 0.3 is 0 Å². The average molecular weight is 445 g/mol. The second-order valence-electron chi connectivity index (χ2n) is 8.09. The van der Waals surface area contributed by atoms with Crippen molar-refractivity contribution in [2.24, 2.45) is 5.92 Å². The summed E-state index contributed by atoms with van der Waals surface area (Å²) in [4.78, 5) is 15.3. The number of sulfonamides is 1. The van der Waals surface area contributed by atoms with E-state index in [1.807, 2.05) is 23.1 Å². The number of benzene rings is 2. The Kier molecular flexibility index (Phi) is 5.94. The van der Waals surface area contributed by atoms with Gasteiger partial charge in [-0.2, -0.15) is 4.31 Å². The second kappa shape index (κ2) is 8.51. The van der Waals surface area contributed by atoms with Gasteiger partial charge in [-0.05, 0) is 49.9 Å². The number of para-hydroxylation sites is 1. The maximum atomic E-state index is 13.3. The van der Waals surface area contributed by atoms with Crippen LogP contribution in [0.25, 0.3) is 0 Å². The number of methoxy groups -OCH3 is 2. The number of ether oxygens (including phenoxy) is 2. The topological polar surface area (TPSA) is 76.1 Å². The van der Waals surface area contributed by atoms with Crippen LogP contribution < -0.4 is 14.4 Å². The molecule has 0 aromatic heterocycles. The number of piperidine rings is 1. The molecule has 166 valence electrons. The Morgan fingerprint density at radius 1 is 1.03 bits per heavy atom. The average Bonchev–Trinajstić information content (AvgIpc) is 3.13. The monoisotopic (exact) mass is 444 g/mol. The van der Waals surface area contributed by atoms with Crippen molar-refractivity contribution in [1.82, 2.24) is 4.31 Å². The van der Waals surface area contributed by atoms with E-state index < -0.39 is 10.0 Å². The van der Waals surface area contributed by atoms with E-state index in [9.17, 15) is 13.2 Å². The Balaban J connectivity index is 1.50. The lowest BCUT2D eigenvalue weighted by Crippen LogP contribution is -2.46. The summed E-state index contributed by atoms with van der Waals surface area (Å²) < 4.78 is 38.5. The summed E-state index contributed by atoms with van der Waals surface area (Å²) in [5, 5.41) is 0. The highest BCUT2D eigenvalue weighted by atomic mass is 32.2. The third-order valence-corrected chi connectivity index (χ3v) is 8.16. The zero-order chi connectivity index (χ0) is 22.2. The molecule has 0 aliphatic carbocycles. The molecule has 2 aliphatic heterocycles. The molecule has 1 saturated heterocycles. The molecule has 0 spiro atoms. The molecule has 1 atom stereocenters. The number of nitrogens with zero attached hydrogens (tertiary/aromatic N) is 2. The number of fused-ring (bicyclic) bond motifs is 1. The third-order valence-electron chi connectivity index (χ3n) is 6.24. The fourth-order valence-electron chi connectivity index (χ4n) is 4.57. The van der Waals surface area contributed by atoms with Gasteiger partial charge in [0, 0.05) is 36.8 Å². The van der Waals surface area contributed by atoms with E-state index >= 15 is 0 Å². The van der Waals surface area contributed by atoms with Crippen LogP contribution in [0, 0.1) is 5.92 Å². The van der Waals surface area contributed by atoms with E-state index in [1.165, 1.54) is 30.2 Å². The Bertz CT molecular complexity index is 1080. The van der Waals surface area contributed by atoms with Crippen LogP contribution in [0.15, 0.2) is 47.4 Å². The highest BCUT2D eigenvalue weighted by molar-refractivity contribution is 7.89. The largest absolute Gasteiger partial charge is 0.497 e. The number of anilines is 1. The van der Waals surface area contributed by atoms with Crippen LogP contribution in [0.5, 0.6) is 11.5 Å². The Labute approximate surface area is 183 Å². The number of carbonyl (C=O) groups is 1. The third kappa shape index (κ3) is 3.90. The van der Waals surface area contributed by atoms with Crippen molar-refractivity contribution in [2.45, 2.75) is 37.1 Å². The maximum absolute atomic E-state index is 13.3. The van der Waals surface area contributed by atoms with Crippen LogP contribution in [-0.2, 0) is 21.2 Å². The van der Waals surface area contributed by atoms with E-state index in [0.717, 1.165) is 12.1 Å². The van der Waals surface area contributed by atoms with Gasteiger partial charge < -0.3 is 14.4 Å². The lowest BCUT2D eigenvalue weighted by atomic mass is 9.96. The van der Waals surface area contributed by atoms with Gasteiger partial charge in [-0.15, -0.1) is 0 Å². The maximum Gasteiger partial charge on any atom is 0.246 e. The highest BCUT2D eigenvalue weighted by Crippen LogP contribution is 2.36. The minimum Gasteiger partial charge on any atom is -0.497 e. The molecule has 0 bridgehead atoms. The van der Waals surface area contributed by atoms with Crippen molar-refractivity contribution < 1.29 is 22.7 Å². The van der Waals surface area contributed by atoms with E-state index in [2.05, 4.69) is 13.0 Å². The smallest absolute Gasteiger partial charge is 0.246 e. The molecule has 31 heavy (non-hydrogen) atoms. The lowest BCUT2D eigenvalue weighted by Gasteiger charge is -2.34. The summed E-state index contributed by atoms with van der Waals surface area (Å²) >= 11 is 0.